The Hall–Kier alpha value is -1.13. The molecule has 3 rings (SSSR count). The number of hydrogen-bond acceptors (Lipinski definition) is 16. The van der Waals surface area contributed by atoms with Crippen LogP contribution in [0.15, 0.2) is 0 Å². The van der Waals surface area contributed by atoms with Crippen LogP contribution in [0.1, 0.15) is 6.92 Å². The van der Waals surface area contributed by atoms with Gasteiger partial charge in [-0.1, -0.05) is 0 Å². The summed E-state index contributed by atoms with van der Waals surface area (Å²) < 4.78 is 27.0. The van der Waals surface area contributed by atoms with E-state index in [2.05, 4.69) is 5.32 Å². The molecule has 0 aromatic carbocycles. The zero-order valence-corrected chi connectivity index (χ0v) is 19.7. The number of rotatable bonds is 8. The Morgan fingerprint density at radius 3 is 1.76 bits per heavy atom. The Morgan fingerprint density at radius 1 is 0.649 bits per heavy atom. The Kier molecular flexibility index (Phi) is 10.5. The Balaban J connectivity index is 1.83. The first-order chi connectivity index (χ1) is 17.4. The van der Waals surface area contributed by atoms with Crippen molar-refractivity contribution >= 4 is 5.91 Å². The lowest BCUT2D eigenvalue weighted by Gasteiger charge is -2.48. The molecule has 216 valence electrons. The summed E-state index contributed by atoms with van der Waals surface area (Å²) in [5.74, 6) is -0.652. The Morgan fingerprint density at radius 2 is 1.19 bits per heavy atom. The molecular weight excluding hydrogens is 510 g/mol. The largest absolute Gasteiger partial charge is 0.394 e. The minimum absolute atomic E-state index is 0.652. The van der Waals surface area contributed by atoms with Crippen LogP contribution in [0.2, 0.25) is 0 Å². The number of carbonyl (C=O) groups excluding carboxylic acids is 1. The number of aliphatic hydroxyl groups is 10. The third-order valence-electron chi connectivity index (χ3n) is 6.49. The quantitative estimate of drug-likeness (QED) is 0.135. The maximum absolute atomic E-state index is 11.7. The molecule has 0 aromatic heterocycles. The molecule has 37 heavy (non-hydrogen) atoms. The Bertz CT molecular complexity index is 745. The molecule has 17 heteroatoms. The molecule has 3 saturated heterocycles. The first kappa shape index (κ1) is 30.4. The molecule has 0 unspecified atom stereocenters. The maximum Gasteiger partial charge on any atom is 0.217 e. The van der Waals surface area contributed by atoms with Crippen molar-refractivity contribution in [2.24, 2.45) is 0 Å². The van der Waals surface area contributed by atoms with Gasteiger partial charge in [-0.25, -0.2) is 0 Å². The molecular formula is C20H35NO16. The summed E-state index contributed by atoms with van der Waals surface area (Å²) in [6, 6.07) is -1.42. The van der Waals surface area contributed by atoms with E-state index in [9.17, 15) is 55.9 Å². The van der Waals surface area contributed by atoms with E-state index < -0.39 is 118 Å². The van der Waals surface area contributed by atoms with Crippen molar-refractivity contribution < 1.29 is 79.5 Å². The molecule has 0 saturated carbocycles. The van der Waals surface area contributed by atoms with Gasteiger partial charge in [0.05, 0.1) is 19.8 Å². The second-order valence-corrected chi connectivity index (χ2v) is 9.07. The van der Waals surface area contributed by atoms with Crippen LogP contribution in [0.25, 0.3) is 0 Å². The molecule has 15 atom stereocenters. The van der Waals surface area contributed by atoms with Crippen molar-refractivity contribution in [3.8, 4) is 0 Å². The van der Waals surface area contributed by atoms with Gasteiger partial charge in [0.2, 0.25) is 5.91 Å². The standard InChI is InChI=1S/C20H35NO16/c1-5(25)21-9-12(28)10(26)6(2-22)34-19(9)37-17-11(27)7(3-23)35-20(15(17)31)36-16-8(4-24)33-18(32)14(30)13(16)29/h6-20,22-24,26-32H,2-4H2,1H3,(H,21,25)/t6-,7-,8-,9+,10+,11+,12-,13-,14-,15-,16+,17+,18+,19+,20+/m1/s1. The van der Waals surface area contributed by atoms with Crippen LogP contribution in [0.4, 0.5) is 0 Å². The third kappa shape index (κ3) is 6.38. The van der Waals surface area contributed by atoms with E-state index in [0.717, 1.165) is 6.92 Å². The van der Waals surface area contributed by atoms with Gasteiger partial charge in [0.1, 0.15) is 73.2 Å². The van der Waals surface area contributed by atoms with Crippen LogP contribution in [0.3, 0.4) is 0 Å². The van der Waals surface area contributed by atoms with Crippen LogP contribution in [0, 0.1) is 0 Å². The average Bonchev–Trinajstić information content (AvgIpc) is 2.86. The van der Waals surface area contributed by atoms with Crippen LogP contribution in [-0.2, 0) is 28.5 Å². The van der Waals surface area contributed by atoms with E-state index in [1.54, 1.807) is 0 Å². The minimum Gasteiger partial charge on any atom is -0.394 e. The van der Waals surface area contributed by atoms with Crippen molar-refractivity contribution in [3.05, 3.63) is 0 Å². The lowest BCUT2D eigenvalue weighted by Crippen LogP contribution is -2.68. The summed E-state index contributed by atoms with van der Waals surface area (Å²) in [5.41, 5.74) is 0. The van der Waals surface area contributed by atoms with E-state index in [1.165, 1.54) is 0 Å². The lowest BCUT2D eigenvalue weighted by molar-refractivity contribution is -0.373. The molecule has 17 nitrogen and oxygen atoms in total. The zero-order chi connectivity index (χ0) is 27.6. The van der Waals surface area contributed by atoms with Crippen LogP contribution in [-0.4, -0.2) is 169 Å². The predicted octanol–water partition coefficient (Wildman–Crippen LogP) is -7.43. The van der Waals surface area contributed by atoms with E-state index in [1.807, 2.05) is 0 Å². The van der Waals surface area contributed by atoms with Crippen molar-refractivity contribution in [2.75, 3.05) is 19.8 Å². The molecule has 0 radical (unpaired) electrons. The summed E-state index contributed by atoms with van der Waals surface area (Å²) in [7, 11) is 0. The van der Waals surface area contributed by atoms with Crippen LogP contribution < -0.4 is 5.32 Å². The van der Waals surface area contributed by atoms with Gasteiger partial charge in [-0.3, -0.25) is 4.79 Å². The van der Waals surface area contributed by atoms with E-state index >= 15 is 0 Å². The summed E-state index contributed by atoms with van der Waals surface area (Å²) in [4.78, 5) is 11.7. The fourth-order valence-corrected chi connectivity index (χ4v) is 4.46. The third-order valence-corrected chi connectivity index (χ3v) is 6.49. The Labute approximate surface area is 210 Å². The van der Waals surface area contributed by atoms with Crippen molar-refractivity contribution in [3.63, 3.8) is 0 Å². The van der Waals surface area contributed by atoms with E-state index in [0.29, 0.717) is 0 Å². The highest BCUT2D eigenvalue weighted by Crippen LogP contribution is 2.32. The van der Waals surface area contributed by atoms with Gasteiger partial charge < -0.3 is 80.1 Å². The van der Waals surface area contributed by atoms with Gasteiger partial charge >= 0.3 is 0 Å². The van der Waals surface area contributed by atoms with Gasteiger partial charge in [0.15, 0.2) is 18.9 Å². The molecule has 3 heterocycles. The number of amides is 1. The van der Waals surface area contributed by atoms with Gasteiger partial charge in [0.25, 0.3) is 0 Å². The fourth-order valence-electron chi connectivity index (χ4n) is 4.46. The topological polar surface area (TPSA) is 278 Å². The SMILES string of the molecule is CC(=O)N[C@@H]1[C@H](O[C@H]2[C@@H](O)[C@@H](CO)O[C@@H](O[C@@H]3[C@H](O)[C@@H](O)[C@@H](O)O[C@@H]3CO)[C@@H]2O)O[C@H](CO)[C@H](O)[C@@H]1O. The molecule has 0 spiro atoms. The fraction of sp³-hybridized carbons (Fsp3) is 0.950. The molecule has 3 aliphatic heterocycles. The number of aliphatic hydroxyl groups excluding tert-OH is 10. The predicted molar refractivity (Wildman–Crippen MR) is 113 cm³/mol. The first-order valence-corrected chi connectivity index (χ1v) is 11.6. The lowest BCUT2D eigenvalue weighted by atomic mass is 9.95. The molecule has 11 N–H and O–H groups in total. The smallest absolute Gasteiger partial charge is 0.217 e. The van der Waals surface area contributed by atoms with E-state index in [-0.39, 0.29) is 0 Å². The number of hydrogen-bond donors (Lipinski definition) is 11. The summed E-state index contributed by atoms with van der Waals surface area (Å²) in [5, 5.41) is 103. The van der Waals surface area contributed by atoms with Crippen LogP contribution >= 0.6 is 0 Å². The zero-order valence-electron chi connectivity index (χ0n) is 19.7. The summed E-state index contributed by atoms with van der Waals surface area (Å²) >= 11 is 0. The molecule has 0 bridgehead atoms. The van der Waals surface area contributed by atoms with Gasteiger partial charge in [-0.2, -0.15) is 0 Å². The van der Waals surface area contributed by atoms with Crippen molar-refractivity contribution in [1.82, 2.24) is 5.32 Å². The number of nitrogens with one attached hydrogen (secondary N) is 1. The second-order valence-electron chi connectivity index (χ2n) is 9.07. The molecule has 3 aliphatic rings. The van der Waals surface area contributed by atoms with E-state index in [4.69, 9.17) is 23.7 Å². The summed E-state index contributed by atoms with van der Waals surface area (Å²) in [6.07, 6.45) is -23.4. The van der Waals surface area contributed by atoms with Crippen molar-refractivity contribution in [1.29, 1.82) is 0 Å². The minimum atomic E-state index is -1.91. The summed E-state index contributed by atoms with van der Waals surface area (Å²) in [6.45, 7) is -1.25. The molecule has 0 aromatic rings. The highest BCUT2D eigenvalue weighted by atomic mass is 16.7. The normalized spacial score (nSPS) is 49.0. The van der Waals surface area contributed by atoms with Gasteiger partial charge in [-0.05, 0) is 0 Å². The molecule has 0 aliphatic carbocycles. The van der Waals surface area contributed by atoms with Gasteiger partial charge in [0, 0.05) is 6.92 Å². The van der Waals surface area contributed by atoms with Crippen molar-refractivity contribution in [2.45, 2.75) is 99.0 Å². The van der Waals surface area contributed by atoms with Crippen LogP contribution in [0.5, 0.6) is 0 Å². The highest BCUT2D eigenvalue weighted by molar-refractivity contribution is 5.73. The maximum atomic E-state index is 11.7. The average molecular weight is 545 g/mol. The second kappa shape index (κ2) is 12.8. The number of ether oxygens (including phenoxy) is 5. The molecule has 3 fully saturated rings. The van der Waals surface area contributed by atoms with Gasteiger partial charge in [-0.15, -0.1) is 0 Å². The first-order valence-electron chi connectivity index (χ1n) is 11.6. The number of carbonyl (C=O) groups is 1. The highest BCUT2D eigenvalue weighted by Gasteiger charge is 2.53. The molecule has 1 amide bonds. The monoisotopic (exact) mass is 545 g/mol.